The number of hydrogen-bond donors (Lipinski definition) is 0. The number of ether oxygens (including phenoxy) is 1. The van der Waals surface area contributed by atoms with Crippen LogP contribution < -0.4 is 4.74 Å². The summed E-state index contributed by atoms with van der Waals surface area (Å²) in [6.45, 7) is 4.45. The third-order valence-corrected chi connectivity index (χ3v) is 2.19. The van der Waals surface area contributed by atoms with Crippen molar-refractivity contribution in [1.29, 1.82) is 0 Å². The summed E-state index contributed by atoms with van der Waals surface area (Å²) in [5.41, 5.74) is 1.04. The molecule has 2 heteroatoms. The van der Waals surface area contributed by atoms with Crippen LogP contribution in [-0.4, -0.2) is 12.5 Å². The summed E-state index contributed by atoms with van der Waals surface area (Å²) >= 11 is 5.57. The van der Waals surface area contributed by atoms with E-state index in [2.05, 4.69) is 6.58 Å². The zero-order valence-electron chi connectivity index (χ0n) is 8.21. The minimum atomic E-state index is 0.701. The van der Waals surface area contributed by atoms with Crippen LogP contribution in [0.3, 0.4) is 0 Å². The Labute approximate surface area is 90.3 Å². The Morgan fingerprint density at radius 2 is 2.07 bits per heavy atom. The molecule has 1 aromatic carbocycles. The molecule has 0 bridgehead atoms. The summed E-state index contributed by atoms with van der Waals surface area (Å²) in [4.78, 5) is 0. The second kappa shape index (κ2) is 6.50. The maximum Gasteiger partial charge on any atom is 0.126 e. The smallest absolute Gasteiger partial charge is 0.126 e. The summed E-state index contributed by atoms with van der Waals surface area (Å²) in [5, 5.41) is 0. The number of benzene rings is 1. The fourth-order valence-corrected chi connectivity index (χ4v) is 1.35. The Hall–Kier alpha value is -0.950. The summed E-state index contributed by atoms with van der Waals surface area (Å²) in [7, 11) is 0. The third kappa shape index (κ3) is 3.43. The van der Waals surface area contributed by atoms with Crippen molar-refractivity contribution in [1.82, 2.24) is 0 Å². The van der Waals surface area contributed by atoms with Crippen LogP contribution in [0.15, 0.2) is 30.8 Å². The number of rotatable bonds is 6. The van der Waals surface area contributed by atoms with Gasteiger partial charge in [0.25, 0.3) is 0 Å². The van der Waals surface area contributed by atoms with E-state index < -0.39 is 0 Å². The highest BCUT2D eigenvalue weighted by Crippen LogP contribution is 2.18. The lowest BCUT2D eigenvalue weighted by Gasteiger charge is -2.07. The lowest BCUT2D eigenvalue weighted by Crippen LogP contribution is -1.98. The first kappa shape index (κ1) is 11.1. The fraction of sp³-hybridized carbons (Fsp3) is 0.333. The molecule has 14 heavy (non-hydrogen) atoms. The quantitative estimate of drug-likeness (QED) is 0.514. The van der Waals surface area contributed by atoms with Crippen molar-refractivity contribution in [2.24, 2.45) is 0 Å². The molecule has 0 saturated heterocycles. The fourth-order valence-electron chi connectivity index (χ4n) is 1.16. The molecule has 0 aromatic heterocycles. The van der Waals surface area contributed by atoms with Gasteiger partial charge in [0, 0.05) is 11.4 Å². The molecular formula is C12H15ClO. The predicted octanol–water partition coefficient (Wildman–Crippen LogP) is 3.73. The summed E-state index contributed by atoms with van der Waals surface area (Å²) < 4.78 is 5.60. The van der Waals surface area contributed by atoms with Crippen LogP contribution >= 0.6 is 11.6 Å². The monoisotopic (exact) mass is 210 g/mol. The van der Waals surface area contributed by atoms with Gasteiger partial charge in [-0.1, -0.05) is 30.9 Å². The number of unbranched alkanes of at least 4 members (excludes halogenated alkanes) is 1. The van der Waals surface area contributed by atoms with Crippen LogP contribution in [0, 0.1) is 0 Å². The zero-order valence-corrected chi connectivity index (χ0v) is 8.96. The van der Waals surface area contributed by atoms with Crippen molar-refractivity contribution < 1.29 is 4.74 Å². The maximum atomic E-state index is 5.60. The molecule has 0 aliphatic rings. The van der Waals surface area contributed by atoms with E-state index in [1.54, 1.807) is 6.08 Å². The first-order valence-corrected chi connectivity index (χ1v) is 5.32. The number of hydrogen-bond acceptors (Lipinski definition) is 1. The van der Waals surface area contributed by atoms with Gasteiger partial charge in [-0.05, 0) is 18.9 Å². The van der Waals surface area contributed by atoms with Gasteiger partial charge in [-0.15, -0.1) is 11.6 Å². The highest BCUT2D eigenvalue weighted by molar-refractivity contribution is 6.17. The second-order valence-corrected chi connectivity index (χ2v) is 3.36. The number of para-hydroxylation sites is 1. The van der Waals surface area contributed by atoms with Gasteiger partial charge < -0.3 is 4.74 Å². The average molecular weight is 211 g/mol. The molecule has 0 saturated carbocycles. The SMILES string of the molecule is C=Cc1ccccc1OCCCCCl. The normalized spacial score (nSPS) is 9.79. The molecule has 0 radical (unpaired) electrons. The van der Waals surface area contributed by atoms with Crippen molar-refractivity contribution in [2.75, 3.05) is 12.5 Å². The maximum absolute atomic E-state index is 5.60. The Morgan fingerprint density at radius 3 is 2.79 bits per heavy atom. The zero-order chi connectivity index (χ0) is 10.2. The summed E-state index contributed by atoms with van der Waals surface area (Å²) in [5.74, 6) is 1.60. The van der Waals surface area contributed by atoms with Crippen molar-refractivity contribution in [3.8, 4) is 5.75 Å². The van der Waals surface area contributed by atoms with Crippen LogP contribution in [0.4, 0.5) is 0 Å². The van der Waals surface area contributed by atoms with Crippen LogP contribution in [0.5, 0.6) is 5.75 Å². The Bertz CT molecular complexity index is 283. The van der Waals surface area contributed by atoms with Crippen molar-refractivity contribution in [2.45, 2.75) is 12.8 Å². The topological polar surface area (TPSA) is 9.23 Å². The van der Waals surface area contributed by atoms with Crippen molar-refractivity contribution in [3.05, 3.63) is 36.4 Å². The van der Waals surface area contributed by atoms with Gasteiger partial charge in [-0.3, -0.25) is 0 Å². The molecule has 0 heterocycles. The van der Waals surface area contributed by atoms with Gasteiger partial charge in [-0.2, -0.15) is 0 Å². The highest BCUT2D eigenvalue weighted by atomic mass is 35.5. The van der Waals surface area contributed by atoms with Crippen LogP contribution in [0.2, 0.25) is 0 Å². The molecule has 0 spiro atoms. The van der Waals surface area contributed by atoms with Crippen molar-refractivity contribution in [3.63, 3.8) is 0 Å². The molecular weight excluding hydrogens is 196 g/mol. The molecule has 1 rings (SSSR count). The minimum absolute atomic E-state index is 0.701. The molecule has 1 nitrogen and oxygen atoms in total. The van der Waals surface area contributed by atoms with E-state index in [-0.39, 0.29) is 0 Å². The minimum Gasteiger partial charge on any atom is -0.493 e. The van der Waals surface area contributed by atoms with Gasteiger partial charge in [0.1, 0.15) is 5.75 Å². The van der Waals surface area contributed by atoms with E-state index in [4.69, 9.17) is 16.3 Å². The molecule has 0 N–H and O–H groups in total. The Balaban J connectivity index is 2.45. The van der Waals surface area contributed by atoms with E-state index in [0.29, 0.717) is 5.88 Å². The van der Waals surface area contributed by atoms with E-state index in [1.807, 2.05) is 24.3 Å². The van der Waals surface area contributed by atoms with E-state index in [1.165, 1.54) is 0 Å². The Morgan fingerprint density at radius 1 is 1.29 bits per heavy atom. The van der Waals surface area contributed by atoms with Crippen LogP contribution in [0.1, 0.15) is 18.4 Å². The third-order valence-electron chi connectivity index (χ3n) is 1.92. The predicted molar refractivity (Wildman–Crippen MR) is 62.0 cm³/mol. The van der Waals surface area contributed by atoms with E-state index >= 15 is 0 Å². The summed E-state index contributed by atoms with van der Waals surface area (Å²) in [6, 6.07) is 7.88. The number of alkyl halides is 1. The van der Waals surface area contributed by atoms with Crippen LogP contribution in [0.25, 0.3) is 6.08 Å². The first-order valence-electron chi connectivity index (χ1n) is 4.78. The molecule has 0 fully saturated rings. The van der Waals surface area contributed by atoms with Gasteiger partial charge in [0.15, 0.2) is 0 Å². The molecule has 0 atom stereocenters. The highest BCUT2D eigenvalue weighted by Gasteiger charge is 1.97. The molecule has 0 unspecified atom stereocenters. The summed E-state index contributed by atoms with van der Waals surface area (Å²) in [6.07, 6.45) is 3.80. The van der Waals surface area contributed by atoms with E-state index in [9.17, 15) is 0 Å². The standard InChI is InChI=1S/C12H15ClO/c1-2-11-7-3-4-8-12(11)14-10-6-5-9-13/h2-4,7-8H,1,5-6,9-10H2. The van der Waals surface area contributed by atoms with Gasteiger partial charge >= 0.3 is 0 Å². The van der Waals surface area contributed by atoms with Gasteiger partial charge in [-0.25, -0.2) is 0 Å². The lowest BCUT2D eigenvalue weighted by atomic mass is 10.2. The van der Waals surface area contributed by atoms with Gasteiger partial charge in [0.05, 0.1) is 6.61 Å². The molecule has 76 valence electrons. The molecule has 0 aliphatic carbocycles. The average Bonchev–Trinajstić information content (AvgIpc) is 2.25. The van der Waals surface area contributed by atoms with Gasteiger partial charge in [0.2, 0.25) is 0 Å². The Kier molecular flexibility index (Phi) is 5.16. The van der Waals surface area contributed by atoms with Crippen molar-refractivity contribution >= 4 is 17.7 Å². The number of halogens is 1. The second-order valence-electron chi connectivity index (χ2n) is 2.99. The lowest BCUT2D eigenvalue weighted by molar-refractivity contribution is 0.309. The first-order chi connectivity index (χ1) is 6.88. The van der Waals surface area contributed by atoms with E-state index in [0.717, 1.165) is 30.8 Å². The molecule has 0 aliphatic heterocycles. The molecule has 1 aromatic rings. The largest absolute Gasteiger partial charge is 0.493 e. The van der Waals surface area contributed by atoms with Crippen LogP contribution in [-0.2, 0) is 0 Å². The molecule has 0 amide bonds.